The van der Waals surface area contributed by atoms with E-state index in [1.807, 2.05) is 20.9 Å². The van der Waals surface area contributed by atoms with Gasteiger partial charge in [-0.05, 0) is 50.6 Å². The fourth-order valence-corrected chi connectivity index (χ4v) is 1.34. The molecule has 0 atom stereocenters. The predicted molar refractivity (Wildman–Crippen MR) is 64.9 cm³/mol. The summed E-state index contributed by atoms with van der Waals surface area (Å²) in [5, 5.41) is 3.16. The second-order valence-corrected chi connectivity index (χ2v) is 3.21. The third-order valence-corrected chi connectivity index (χ3v) is 2.36. The lowest BCUT2D eigenvalue weighted by Gasteiger charge is -2.07. The second-order valence-electron chi connectivity index (χ2n) is 3.21. The van der Waals surface area contributed by atoms with Crippen LogP contribution in [-0.4, -0.2) is 13.6 Å². The molecule has 0 amide bonds. The van der Waals surface area contributed by atoms with E-state index < -0.39 is 0 Å². The Hall–Kier alpha value is -0.820. The first kappa shape index (κ1) is 13.2. The molecule has 0 unspecified atom stereocenters. The lowest BCUT2D eigenvalue weighted by Crippen LogP contribution is -2.11. The number of nitrogens with one attached hydrogen (secondary N) is 1. The maximum absolute atomic E-state index is 3.16. The van der Waals surface area contributed by atoms with E-state index in [2.05, 4.69) is 37.4 Å². The zero-order chi connectivity index (χ0) is 11.0. The monoisotopic (exact) mass is 193 g/mol. The summed E-state index contributed by atoms with van der Waals surface area (Å²) in [7, 11) is 1.99. The van der Waals surface area contributed by atoms with Gasteiger partial charge in [0.15, 0.2) is 0 Å². The minimum atomic E-state index is 1.06. The van der Waals surface area contributed by atoms with Gasteiger partial charge in [-0.3, -0.25) is 0 Å². The molecule has 0 saturated carbocycles. The van der Waals surface area contributed by atoms with E-state index in [9.17, 15) is 0 Å². The van der Waals surface area contributed by atoms with E-state index in [0.717, 1.165) is 13.0 Å². The minimum absolute atomic E-state index is 1.06. The third kappa shape index (κ3) is 3.93. The molecule has 1 aromatic rings. The summed E-state index contributed by atoms with van der Waals surface area (Å²) in [6.07, 6.45) is 1.13. The zero-order valence-corrected chi connectivity index (χ0v) is 10.1. The van der Waals surface area contributed by atoms with Crippen LogP contribution in [0.2, 0.25) is 0 Å². The molecule has 0 fully saturated rings. The normalized spacial score (nSPS) is 9.21. The Morgan fingerprint density at radius 1 is 1.14 bits per heavy atom. The Labute approximate surface area is 88.5 Å². The fourth-order valence-electron chi connectivity index (χ4n) is 1.34. The van der Waals surface area contributed by atoms with E-state index >= 15 is 0 Å². The van der Waals surface area contributed by atoms with Gasteiger partial charge < -0.3 is 5.32 Å². The molecule has 1 heteroatoms. The average molecular weight is 193 g/mol. The fraction of sp³-hybridized carbons (Fsp3) is 0.538. The molecule has 0 aliphatic heterocycles. The molecule has 1 aromatic carbocycles. The van der Waals surface area contributed by atoms with Gasteiger partial charge in [-0.25, -0.2) is 0 Å². The van der Waals surface area contributed by atoms with Crippen molar-refractivity contribution in [2.24, 2.45) is 0 Å². The second kappa shape index (κ2) is 7.57. The standard InChI is InChI=1S/C11H17N.C2H6/c1-9-5-4-6-11(10(9)2)7-8-12-3;1-2/h4-6,12H,7-8H2,1-3H3;1-2H3. The molecule has 0 heterocycles. The number of benzene rings is 1. The van der Waals surface area contributed by atoms with Gasteiger partial charge in [0.2, 0.25) is 0 Å². The van der Waals surface area contributed by atoms with E-state index in [4.69, 9.17) is 0 Å². The van der Waals surface area contributed by atoms with Gasteiger partial charge in [0, 0.05) is 0 Å². The Kier molecular flexibility index (Phi) is 7.13. The van der Waals surface area contributed by atoms with Crippen LogP contribution in [-0.2, 0) is 6.42 Å². The van der Waals surface area contributed by atoms with Crippen LogP contribution in [0.4, 0.5) is 0 Å². The molecule has 0 aliphatic rings. The first-order valence-corrected chi connectivity index (χ1v) is 5.45. The number of rotatable bonds is 3. The maximum Gasteiger partial charge on any atom is -0.00113 e. The summed E-state index contributed by atoms with van der Waals surface area (Å²) in [6, 6.07) is 6.51. The zero-order valence-electron chi connectivity index (χ0n) is 10.1. The molecule has 80 valence electrons. The first-order chi connectivity index (χ1) is 6.75. The van der Waals surface area contributed by atoms with Gasteiger partial charge in [-0.2, -0.15) is 0 Å². The Morgan fingerprint density at radius 3 is 2.36 bits per heavy atom. The summed E-state index contributed by atoms with van der Waals surface area (Å²) in [4.78, 5) is 0. The smallest absolute Gasteiger partial charge is 0.00113 e. The maximum atomic E-state index is 3.16. The number of hydrogen-bond donors (Lipinski definition) is 1. The quantitative estimate of drug-likeness (QED) is 0.778. The predicted octanol–water partition coefficient (Wildman–Crippen LogP) is 3.09. The van der Waals surface area contributed by atoms with E-state index in [0.29, 0.717) is 0 Å². The summed E-state index contributed by atoms with van der Waals surface area (Å²) >= 11 is 0. The van der Waals surface area contributed by atoms with Gasteiger partial charge in [-0.1, -0.05) is 32.0 Å². The van der Waals surface area contributed by atoms with Crippen molar-refractivity contribution in [3.8, 4) is 0 Å². The van der Waals surface area contributed by atoms with Crippen molar-refractivity contribution in [2.45, 2.75) is 34.1 Å². The lowest BCUT2D eigenvalue weighted by atomic mass is 10.0. The van der Waals surface area contributed by atoms with Crippen LogP contribution in [0, 0.1) is 13.8 Å². The highest BCUT2D eigenvalue weighted by Gasteiger charge is 1.98. The van der Waals surface area contributed by atoms with Crippen molar-refractivity contribution in [3.05, 3.63) is 34.9 Å². The van der Waals surface area contributed by atoms with Crippen LogP contribution in [0.3, 0.4) is 0 Å². The molecule has 1 N–H and O–H groups in total. The molecule has 0 bridgehead atoms. The van der Waals surface area contributed by atoms with Crippen molar-refractivity contribution in [1.29, 1.82) is 0 Å². The third-order valence-electron chi connectivity index (χ3n) is 2.36. The van der Waals surface area contributed by atoms with Gasteiger partial charge in [0.05, 0.1) is 0 Å². The number of likely N-dealkylation sites (N-methyl/N-ethyl adjacent to an activating group) is 1. The van der Waals surface area contributed by atoms with Gasteiger partial charge in [-0.15, -0.1) is 0 Å². The van der Waals surface area contributed by atoms with Crippen molar-refractivity contribution >= 4 is 0 Å². The van der Waals surface area contributed by atoms with Crippen LogP contribution in [0.15, 0.2) is 18.2 Å². The molecule has 1 rings (SSSR count). The van der Waals surface area contributed by atoms with Crippen molar-refractivity contribution in [1.82, 2.24) is 5.32 Å². The molecule has 0 aliphatic carbocycles. The Bertz CT molecular complexity index is 253. The first-order valence-electron chi connectivity index (χ1n) is 5.45. The summed E-state index contributed by atoms with van der Waals surface area (Å²) < 4.78 is 0. The minimum Gasteiger partial charge on any atom is -0.319 e. The molecule has 0 saturated heterocycles. The molecule has 0 spiro atoms. The largest absolute Gasteiger partial charge is 0.319 e. The topological polar surface area (TPSA) is 12.0 Å². The van der Waals surface area contributed by atoms with Crippen molar-refractivity contribution < 1.29 is 0 Å². The molecule has 1 nitrogen and oxygen atoms in total. The van der Waals surface area contributed by atoms with Crippen LogP contribution >= 0.6 is 0 Å². The van der Waals surface area contributed by atoms with Crippen LogP contribution in [0.5, 0.6) is 0 Å². The van der Waals surface area contributed by atoms with Gasteiger partial charge in [0.25, 0.3) is 0 Å². The Morgan fingerprint density at radius 2 is 1.79 bits per heavy atom. The van der Waals surface area contributed by atoms with Crippen molar-refractivity contribution in [3.63, 3.8) is 0 Å². The lowest BCUT2D eigenvalue weighted by molar-refractivity contribution is 0.788. The van der Waals surface area contributed by atoms with E-state index in [1.54, 1.807) is 0 Å². The van der Waals surface area contributed by atoms with E-state index in [-0.39, 0.29) is 0 Å². The summed E-state index contributed by atoms with van der Waals surface area (Å²) in [5.74, 6) is 0. The van der Waals surface area contributed by atoms with Crippen LogP contribution < -0.4 is 5.32 Å². The molecule has 0 radical (unpaired) electrons. The highest BCUT2D eigenvalue weighted by molar-refractivity contribution is 5.33. The van der Waals surface area contributed by atoms with Gasteiger partial charge in [0.1, 0.15) is 0 Å². The molecular formula is C13H23N. The van der Waals surface area contributed by atoms with E-state index in [1.165, 1.54) is 16.7 Å². The van der Waals surface area contributed by atoms with Gasteiger partial charge >= 0.3 is 0 Å². The molecule has 14 heavy (non-hydrogen) atoms. The highest BCUT2D eigenvalue weighted by atomic mass is 14.8. The SMILES string of the molecule is CC.CNCCc1cccc(C)c1C. The van der Waals surface area contributed by atoms with Crippen LogP contribution in [0.25, 0.3) is 0 Å². The number of hydrogen-bond acceptors (Lipinski definition) is 1. The summed E-state index contributed by atoms with van der Waals surface area (Å²) in [6.45, 7) is 9.42. The highest BCUT2D eigenvalue weighted by Crippen LogP contribution is 2.12. The van der Waals surface area contributed by atoms with Crippen molar-refractivity contribution in [2.75, 3.05) is 13.6 Å². The number of aryl methyl sites for hydroxylation is 1. The molecule has 0 aromatic heterocycles. The molecular weight excluding hydrogens is 170 g/mol. The van der Waals surface area contributed by atoms with Crippen LogP contribution in [0.1, 0.15) is 30.5 Å². The Balaban J connectivity index is 0.000000791. The summed E-state index contributed by atoms with van der Waals surface area (Å²) in [5.41, 5.74) is 4.29. The average Bonchev–Trinajstić information content (AvgIpc) is 2.23.